The highest BCUT2D eigenvalue weighted by Crippen LogP contribution is 2.20. The van der Waals surface area contributed by atoms with Gasteiger partial charge < -0.3 is 4.57 Å². The lowest BCUT2D eigenvalue weighted by Crippen LogP contribution is -2.29. The molecule has 5 nitrogen and oxygen atoms in total. The molecule has 1 N–H and O–H groups in total. The van der Waals surface area contributed by atoms with Crippen molar-refractivity contribution in [2.75, 3.05) is 13.1 Å². The molecule has 0 radical (unpaired) electrons. The Morgan fingerprint density at radius 2 is 2.00 bits per heavy atom. The predicted molar refractivity (Wildman–Crippen MR) is 70.3 cm³/mol. The fourth-order valence-electron chi connectivity index (χ4n) is 2.11. The van der Waals surface area contributed by atoms with Gasteiger partial charge in [0, 0.05) is 43.8 Å². The van der Waals surface area contributed by atoms with Gasteiger partial charge in [-0.15, -0.1) is 0 Å². The second-order valence-electron chi connectivity index (χ2n) is 4.51. The molecule has 18 heavy (non-hydrogen) atoms. The first-order valence-electron chi connectivity index (χ1n) is 5.85. The average Bonchev–Trinajstić information content (AvgIpc) is 3.15. The van der Waals surface area contributed by atoms with Crippen LogP contribution in [0.2, 0.25) is 0 Å². The molecule has 2 heterocycles. The summed E-state index contributed by atoms with van der Waals surface area (Å²) in [6.07, 6.45) is 1.97. The van der Waals surface area contributed by atoms with Gasteiger partial charge in [0.05, 0.1) is 0 Å². The number of para-hydroxylation sites is 1. The second kappa shape index (κ2) is 4.08. The number of fused-ring (bicyclic) bond motifs is 1. The first-order chi connectivity index (χ1) is 8.58. The van der Waals surface area contributed by atoms with Gasteiger partial charge in [-0.25, -0.2) is 0 Å². The molecule has 1 aromatic carbocycles. The lowest BCUT2D eigenvalue weighted by atomic mass is 10.2. The maximum Gasteiger partial charge on any atom is 0.279 e. The molecule has 96 valence electrons. The van der Waals surface area contributed by atoms with Crippen molar-refractivity contribution < 1.29 is 8.42 Å². The molecule has 1 saturated heterocycles. The first-order valence-corrected chi connectivity index (χ1v) is 7.29. The van der Waals surface area contributed by atoms with E-state index in [1.165, 1.54) is 4.31 Å². The SMILES string of the molecule is Cn1cc(CNS(=O)(=O)N2CC2)c2ccccc21. The van der Waals surface area contributed by atoms with Crippen LogP contribution in [-0.2, 0) is 23.8 Å². The minimum atomic E-state index is -3.27. The van der Waals surface area contributed by atoms with Crippen molar-refractivity contribution in [1.82, 2.24) is 13.6 Å². The van der Waals surface area contributed by atoms with E-state index >= 15 is 0 Å². The number of hydrogen-bond donors (Lipinski definition) is 1. The molecule has 0 aliphatic carbocycles. The standard InChI is InChI=1S/C12H15N3O2S/c1-14-9-10(11-4-2-3-5-12(11)14)8-13-18(16,17)15-6-7-15/h2-5,9,13H,6-8H2,1H3. The molecule has 0 unspecified atom stereocenters. The summed E-state index contributed by atoms with van der Waals surface area (Å²) in [7, 11) is -1.31. The van der Waals surface area contributed by atoms with E-state index in [1.54, 1.807) is 0 Å². The van der Waals surface area contributed by atoms with Crippen LogP contribution < -0.4 is 4.72 Å². The van der Waals surface area contributed by atoms with E-state index in [-0.39, 0.29) is 0 Å². The smallest absolute Gasteiger partial charge is 0.279 e. The highest BCUT2D eigenvalue weighted by Gasteiger charge is 2.31. The van der Waals surface area contributed by atoms with Crippen LogP contribution in [0, 0.1) is 0 Å². The largest absolute Gasteiger partial charge is 0.350 e. The molecule has 1 fully saturated rings. The number of aryl methyl sites for hydroxylation is 1. The number of rotatable bonds is 4. The normalized spacial score (nSPS) is 16.3. The van der Waals surface area contributed by atoms with E-state index in [0.717, 1.165) is 16.5 Å². The summed E-state index contributed by atoms with van der Waals surface area (Å²) in [4.78, 5) is 0. The summed E-state index contributed by atoms with van der Waals surface area (Å²) in [6.45, 7) is 1.59. The van der Waals surface area contributed by atoms with Crippen LogP contribution in [0.25, 0.3) is 10.9 Å². The van der Waals surface area contributed by atoms with Crippen LogP contribution in [0.15, 0.2) is 30.5 Å². The molecule has 1 aromatic heterocycles. The van der Waals surface area contributed by atoms with Crippen molar-refractivity contribution in [2.45, 2.75) is 6.54 Å². The van der Waals surface area contributed by atoms with E-state index in [1.807, 2.05) is 42.1 Å². The number of aromatic nitrogens is 1. The van der Waals surface area contributed by atoms with Gasteiger partial charge in [0.2, 0.25) is 0 Å². The van der Waals surface area contributed by atoms with Crippen molar-refractivity contribution in [3.8, 4) is 0 Å². The molecule has 1 aliphatic heterocycles. The number of nitrogens with zero attached hydrogens (tertiary/aromatic N) is 2. The fraction of sp³-hybridized carbons (Fsp3) is 0.333. The molecule has 3 rings (SSSR count). The molecule has 1 aliphatic rings. The summed E-state index contributed by atoms with van der Waals surface area (Å²) in [5.74, 6) is 0. The Bertz CT molecular complexity index is 686. The van der Waals surface area contributed by atoms with Crippen molar-refractivity contribution in [2.24, 2.45) is 7.05 Å². The molecule has 6 heteroatoms. The van der Waals surface area contributed by atoms with Crippen LogP contribution in [-0.4, -0.2) is 30.4 Å². The van der Waals surface area contributed by atoms with Crippen molar-refractivity contribution in [1.29, 1.82) is 0 Å². The topological polar surface area (TPSA) is 54.1 Å². The molecule has 0 saturated carbocycles. The maximum atomic E-state index is 11.7. The van der Waals surface area contributed by atoms with E-state index in [9.17, 15) is 8.42 Å². The van der Waals surface area contributed by atoms with Crippen LogP contribution >= 0.6 is 0 Å². The quantitative estimate of drug-likeness (QED) is 0.832. The zero-order chi connectivity index (χ0) is 12.8. The third-order valence-corrected chi connectivity index (χ3v) is 4.72. The van der Waals surface area contributed by atoms with E-state index in [4.69, 9.17) is 0 Å². The highest BCUT2D eigenvalue weighted by atomic mass is 32.2. The van der Waals surface area contributed by atoms with Gasteiger partial charge in [0.15, 0.2) is 0 Å². The molecule has 0 amide bonds. The minimum absolute atomic E-state index is 0.334. The predicted octanol–water partition coefficient (Wildman–Crippen LogP) is 0.828. The molecule has 2 aromatic rings. The summed E-state index contributed by atoms with van der Waals surface area (Å²) in [6, 6.07) is 7.98. The van der Waals surface area contributed by atoms with Gasteiger partial charge in [-0.2, -0.15) is 17.4 Å². The lowest BCUT2D eigenvalue weighted by Gasteiger charge is -2.05. The van der Waals surface area contributed by atoms with Crippen molar-refractivity contribution in [3.63, 3.8) is 0 Å². The van der Waals surface area contributed by atoms with Crippen LogP contribution in [0.5, 0.6) is 0 Å². The molecule has 0 bridgehead atoms. The van der Waals surface area contributed by atoms with Crippen molar-refractivity contribution >= 4 is 21.1 Å². The second-order valence-corrected chi connectivity index (χ2v) is 6.26. The van der Waals surface area contributed by atoms with E-state index < -0.39 is 10.2 Å². The Morgan fingerprint density at radius 3 is 2.72 bits per heavy atom. The summed E-state index contributed by atoms with van der Waals surface area (Å²) in [5, 5.41) is 1.09. The van der Waals surface area contributed by atoms with Gasteiger partial charge in [-0.05, 0) is 11.6 Å². The van der Waals surface area contributed by atoms with Crippen LogP contribution in [0.1, 0.15) is 5.56 Å². The van der Waals surface area contributed by atoms with Gasteiger partial charge in [-0.1, -0.05) is 18.2 Å². The number of hydrogen-bond acceptors (Lipinski definition) is 2. The Morgan fingerprint density at radius 1 is 1.28 bits per heavy atom. The van der Waals surface area contributed by atoms with Gasteiger partial charge in [0.1, 0.15) is 0 Å². The van der Waals surface area contributed by atoms with Gasteiger partial charge in [-0.3, -0.25) is 0 Å². The zero-order valence-corrected chi connectivity index (χ0v) is 10.9. The molecular formula is C12H15N3O2S. The van der Waals surface area contributed by atoms with Gasteiger partial charge in [0.25, 0.3) is 10.2 Å². The number of nitrogens with one attached hydrogen (secondary N) is 1. The fourth-order valence-corrected chi connectivity index (χ4v) is 3.19. The monoisotopic (exact) mass is 265 g/mol. The summed E-state index contributed by atoms with van der Waals surface area (Å²) >= 11 is 0. The highest BCUT2D eigenvalue weighted by molar-refractivity contribution is 7.87. The average molecular weight is 265 g/mol. The van der Waals surface area contributed by atoms with Crippen LogP contribution in [0.3, 0.4) is 0 Å². The Balaban J connectivity index is 1.87. The van der Waals surface area contributed by atoms with E-state index in [0.29, 0.717) is 19.6 Å². The lowest BCUT2D eigenvalue weighted by molar-refractivity contribution is 0.547. The first kappa shape index (κ1) is 11.7. The van der Waals surface area contributed by atoms with Gasteiger partial charge >= 0.3 is 0 Å². The third kappa shape index (κ3) is 2.03. The zero-order valence-electron chi connectivity index (χ0n) is 10.1. The third-order valence-electron chi connectivity index (χ3n) is 3.17. The maximum absolute atomic E-state index is 11.7. The summed E-state index contributed by atoms with van der Waals surface area (Å²) < 4.78 is 29.5. The van der Waals surface area contributed by atoms with E-state index in [2.05, 4.69) is 4.72 Å². The molecule has 0 atom stereocenters. The minimum Gasteiger partial charge on any atom is -0.350 e. The Kier molecular flexibility index (Phi) is 2.65. The Labute approximate surface area is 106 Å². The van der Waals surface area contributed by atoms with Crippen molar-refractivity contribution in [3.05, 3.63) is 36.0 Å². The molecular weight excluding hydrogens is 250 g/mol. The number of benzene rings is 1. The Hall–Kier alpha value is -1.37. The van der Waals surface area contributed by atoms with Crippen LogP contribution in [0.4, 0.5) is 0 Å². The summed E-state index contributed by atoms with van der Waals surface area (Å²) in [5.41, 5.74) is 2.11. The molecule has 0 spiro atoms.